The Morgan fingerprint density at radius 1 is 1.45 bits per heavy atom. The molecule has 0 aliphatic heterocycles. The highest BCUT2D eigenvalue weighted by Crippen LogP contribution is 2.33. The predicted molar refractivity (Wildman–Crippen MR) is 82.3 cm³/mol. The largest absolute Gasteiger partial charge is 0.480 e. The molecule has 0 unspecified atom stereocenters. The van der Waals surface area contributed by atoms with Crippen molar-refractivity contribution in [3.05, 3.63) is 23.8 Å². The van der Waals surface area contributed by atoms with Crippen LogP contribution in [0.25, 0.3) is 0 Å². The second-order valence-corrected chi connectivity index (χ2v) is 6.65. The number of benzene rings is 1. The van der Waals surface area contributed by atoms with Crippen LogP contribution in [0.4, 0.5) is 5.69 Å². The molecule has 0 amide bonds. The Labute approximate surface area is 124 Å². The van der Waals surface area contributed by atoms with Crippen molar-refractivity contribution in [2.45, 2.75) is 38.1 Å². The minimum Gasteiger partial charge on any atom is -0.480 e. The number of aliphatic carboxylic acids is 1. The summed E-state index contributed by atoms with van der Waals surface area (Å²) < 4.78 is 0. The van der Waals surface area contributed by atoms with Crippen molar-refractivity contribution >= 4 is 23.4 Å². The molecule has 0 aliphatic rings. The molecular weight excluding hydrogens is 272 g/mol. The number of hydrogen-bond donors (Lipinski definition) is 1. The molecule has 20 heavy (non-hydrogen) atoms. The molecule has 0 saturated heterocycles. The quantitative estimate of drug-likeness (QED) is 0.843. The average Bonchev–Trinajstić information content (AvgIpc) is 2.34. The Morgan fingerprint density at radius 2 is 2.10 bits per heavy atom. The van der Waals surface area contributed by atoms with E-state index in [1.54, 1.807) is 16.7 Å². The fourth-order valence-electron chi connectivity index (χ4n) is 1.95. The fraction of sp³-hybridized carbons (Fsp3) is 0.467. The van der Waals surface area contributed by atoms with Crippen LogP contribution in [0.1, 0.15) is 33.3 Å². The van der Waals surface area contributed by atoms with E-state index in [-0.39, 0.29) is 12.1 Å². The summed E-state index contributed by atoms with van der Waals surface area (Å²) in [5.41, 5.74) is 0.857. The summed E-state index contributed by atoms with van der Waals surface area (Å²) >= 11 is 1.59. The molecule has 0 heterocycles. The zero-order chi connectivity index (χ0) is 15.3. The molecule has 1 N–H and O–H groups in total. The lowest BCUT2D eigenvalue weighted by atomic mass is 10.0. The van der Waals surface area contributed by atoms with E-state index in [1.807, 2.05) is 45.9 Å². The van der Waals surface area contributed by atoms with Crippen LogP contribution in [-0.4, -0.2) is 28.9 Å². The van der Waals surface area contributed by atoms with E-state index in [0.29, 0.717) is 11.3 Å². The van der Waals surface area contributed by atoms with E-state index < -0.39 is 5.97 Å². The van der Waals surface area contributed by atoms with Crippen molar-refractivity contribution in [3.63, 3.8) is 0 Å². The number of hydrogen-bond acceptors (Lipinski definition) is 4. The van der Waals surface area contributed by atoms with Gasteiger partial charge in [-0.2, -0.15) is 5.26 Å². The highest BCUT2D eigenvalue weighted by Gasteiger charge is 2.26. The van der Waals surface area contributed by atoms with Gasteiger partial charge in [-0.1, -0.05) is 13.0 Å². The summed E-state index contributed by atoms with van der Waals surface area (Å²) in [6, 6.07) is 7.80. The number of thioether (sulfide) groups is 1. The highest BCUT2D eigenvalue weighted by atomic mass is 32.2. The van der Waals surface area contributed by atoms with Crippen LogP contribution in [0.15, 0.2) is 23.1 Å². The minimum atomic E-state index is -0.905. The Balaban J connectivity index is 3.37. The second kappa shape index (κ2) is 6.67. The number of rotatable bonds is 5. The standard InChI is InChI=1S/C15H20N2O2S/c1-5-20-13-8-6-7-12(11(13)9-16)17(10-14(18)19)15(2,3)4/h6-8H,5,10H2,1-4H3,(H,18,19). The predicted octanol–water partition coefficient (Wildman–Crippen LogP) is 3.36. The molecule has 0 aromatic heterocycles. The first-order valence-corrected chi connectivity index (χ1v) is 7.45. The van der Waals surface area contributed by atoms with Crippen molar-refractivity contribution in [1.29, 1.82) is 5.26 Å². The molecule has 5 heteroatoms. The van der Waals surface area contributed by atoms with Gasteiger partial charge < -0.3 is 10.0 Å². The lowest BCUT2D eigenvalue weighted by Crippen LogP contribution is -2.45. The smallest absolute Gasteiger partial charge is 0.323 e. The molecule has 0 radical (unpaired) electrons. The zero-order valence-electron chi connectivity index (χ0n) is 12.3. The number of nitriles is 1. The van der Waals surface area contributed by atoms with Gasteiger partial charge in [0.1, 0.15) is 12.6 Å². The minimum absolute atomic E-state index is 0.127. The summed E-state index contributed by atoms with van der Waals surface area (Å²) in [6.45, 7) is 7.72. The maximum atomic E-state index is 11.1. The van der Waals surface area contributed by atoms with Gasteiger partial charge in [0.25, 0.3) is 0 Å². The van der Waals surface area contributed by atoms with Crippen LogP contribution in [0.5, 0.6) is 0 Å². The van der Waals surface area contributed by atoms with Crippen molar-refractivity contribution in [1.82, 2.24) is 0 Å². The fourth-order valence-corrected chi connectivity index (χ4v) is 2.73. The molecule has 0 spiro atoms. The molecule has 1 rings (SSSR count). The molecule has 0 saturated carbocycles. The first-order valence-electron chi connectivity index (χ1n) is 6.46. The van der Waals surface area contributed by atoms with Crippen molar-refractivity contribution < 1.29 is 9.90 Å². The number of carbonyl (C=O) groups is 1. The molecule has 0 fully saturated rings. The first kappa shape index (κ1) is 16.4. The molecule has 0 atom stereocenters. The van der Waals surface area contributed by atoms with Gasteiger partial charge in [0.15, 0.2) is 0 Å². The first-order chi connectivity index (χ1) is 9.31. The summed E-state index contributed by atoms with van der Waals surface area (Å²) in [5.74, 6) is -0.0376. The third kappa shape index (κ3) is 3.91. The molecular formula is C15H20N2O2S. The maximum absolute atomic E-state index is 11.1. The van der Waals surface area contributed by atoms with Gasteiger partial charge >= 0.3 is 5.97 Å². The van der Waals surface area contributed by atoms with Gasteiger partial charge in [-0.25, -0.2) is 0 Å². The topological polar surface area (TPSA) is 64.3 Å². The highest BCUT2D eigenvalue weighted by molar-refractivity contribution is 7.99. The monoisotopic (exact) mass is 292 g/mol. The van der Waals surface area contributed by atoms with Crippen LogP contribution in [0, 0.1) is 11.3 Å². The summed E-state index contributed by atoms with van der Waals surface area (Å²) in [6.07, 6.45) is 0. The number of carboxylic acids is 1. The van der Waals surface area contributed by atoms with E-state index in [0.717, 1.165) is 10.6 Å². The van der Waals surface area contributed by atoms with Crippen LogP contribution in [0.2, 0.25) is 0 Å². The van der Waals surface area contributed by atoms with Crippen molar-refractivity contribution in [2.24, 2.45) is 0 Å². The van der Waals surface area contributed by atoms with E-state index in [4.69, 9.17) is 5.11 Å². The van der Waals surface area contributed by atoms with Gasteiger partial charge in [0, 0.05) is 10.4 Å². The normalized spacial score (nSPS) is 10.9. The average molecular weight is 292 g/mol. The SMILES string of the molecule is CCSc1cccc(N(CC(=O)O)C(C)(C)C)c1C#N. The number of carboxylic acid groups (broad SMARTS) is 1. The van der Waals surface area contributed by atoms with E-state index in [1.165, 1.54) is 0 Å². The Hall–Kier alpha value is -1.67. The third-order valence-electron chi connectivity index (χ3n) is 2.81. The molecule has 108 valence electrons. The number of nitrogens with zero attached hydrogens (tertiary/aromatic N) is 2. The van der Waals surface area contributed by atoms with Crippen molar-refractivity contribution in [3.8, 4) is 6.07 Å². The van der Waals surface area contributed by atoms with Gasteiger partial charge in [-0.15, -0.1) is 11.8 Å². The molecule has 1 aromatic carbocycles. The lowest BCUT2D eigenvalue weighted by molar-refractivity contribution is -0.135. The molecule has 4 nitrogen and oxygen atoms in total. The van der Waals surface area contributed by atoms with Gasteiger partial charge in [0.05, 0.1) is 11.3 Å². The maximum Gasteiger partial charge on any atom is 0.323 e. The van der Waals surface area contributed by atoms with E-state index >= 15 is 0 Å². The van der Waals surface area contributed by atoms with Crippen LogP contribution in [0.3, 0.4) is 0 Å². The van der Waals surface area contributed by atoms with E-state index in [2.05, 4.69) is 6.07 Å². The Bertz CT molecular complexity index is 530. The lowest BCUT2D eigenvalue weighted by Gasteiger charge is -2.37. The van der Waals surface area contributed by atoms with Gasteiger partial charge in [-0.05, 0) is 38.7 Å². The molecule has 0 aliphatic carbocycles. The summed E-state index contributed by atoms with van der Waals surface area (Å²) in [4.78, 5) is 13.8. The summed E-state index contributed by atoms with van der Waals surface area (Å²) in [7, 11) is 0. The van der Waals surface area contributed by atoms with E-state index in [9.17, 15) is 10.1 Å². The second-order valence-electron chi connectivity index (χ2n) is 5.35. The molecule has 1 aromatic rings. The Morgan fingerprint density at radius 3 is 2.55 bits per heavy atom. The van der Waals surface area contributed by atoms with Crippen LogP contribution in [-0.2, 0) is 4.79 Å². The van der Waals surface area contributed by atoms with Crippen molar-refractivity contribution in [2.75, 3.05) is 17.2 Å². The number of anilines is 1. The summed E-state index contributed by atoms with van der Waals surface area (Å²) in [5, 5.41) is 18.6. The Kier molecular flexibility index (Phi) is 5.46. The molecule has 0 bridgehead atoms. The third-order valence-corrected chi connectivity index (χ3v) is 3.75. The van der Waals surface area contributed by atoms with Crippen LogP contribution < -0.4 is 4.90 Å². The van der Waals surface area contributed by atoms with Gasteiger partial charge in [0.2, 0.25) is 0 Å². The van der Waals surface area contributed by atoms with Crippen LogP contribution >= 0.6 is 11.8 Å². The zero-order valence-corrected chi connectivity index (χ0v) is 13.1. The van der Waals surface area contributed by atoms with Gasteiger partial charge in [-0.3, -0.25) is 4.79 Å².